The molecule has 1 rings (SSSR count). The molecule has 0 bridgehead atoms. The summed E-state index contributed by atoms with van der Waals surface area (Å²) in [5.41, 5.74) is 5.56. The summed E-state index contributed by atoms with van der Waals surface area (Å²) in [4.78, 5) is 8.50. The van der Waals surface area contributed by atoms with Gasteiger partial charge in [0.05, 0.1) is 0 Å². The Kier molecular flexibility index (Phi) is 5.98. The molecule has 0 aliphatic rings. The summed E-state index contributed by atoms with van der Waals surface area (Å²) in [5.74, 6) is 1.64. The molecule has 1 atom stereocenters. The van der Waals surface area contributed by atoms with Gasteiger partial charge in [-0.05, 0) is 26.7 Å². The van der Waals surface area contributed by atoms with Crippen LogP contribution in [0.1, 0.15) is 39.4 Å². The van der Waals surface area contributed by atoms with Crippen LogP contribution < -0.4 is 11.1 Å². The Morgan fingerprint density at radius 3 is 2.74 bits per heavy atom. The van der Waals surface area contributed by atoms with E-state index in [1.807, 2.05) is 13.8 Å². The van der Waals surface area contributed by atoms with Crippen molar-refractivity contribution in [1.29, 1.82) is 0 Å². The van der Waals surface area contributed by atoms with Crippen molar-refractivity contribution in [2.45, 2.75) is 45.8 Å². The lowest BCUT2D eigenvalue weighted by Crippen LogP contribution is -2.35. The molecule has 6 nitrogen and oxygen atoms in total. The van der Waals surface area contributed by atoms with E-state index in [1.165, 1.54) is 0 Å². The number of hydrogen-bond acceptors (Lipinski definition) is 6. The Morgan fingerprint density at radius 2 is 2.16 bits per heavy atom. The number of aliphatic hydroxyl groups excluding tert-OH is 1. The van der Waals surface area contributed by atoms with Crippen molar-refractivity contribution < 1.29 is 9.84 Å². The van der Waals surface area contributed by atoms with Crippen LogP contribution in [0, 0.1) is 0 Å². The molecule has 6 heteroatoms. The highest BCUT2D eigenvalue weighted by Crippen LogP contribution is 2.21. The molecule has 4 N–H and O–H groups in total. The molecule has 0 saturated carbocycles. The molecule has 1 aromatic rings. The molecule has 0 aliphatic heterocycles. The van der Waals surface area contributed by atoms with E-state index in [9.17, 15) is 0 Å². The van der Waals surface area contributed by atoms with Gasteiger partial charge in [-0.15, -0.1) is 0 Å². The number of nitrogen functional groups attached to an aromatic ring is 1. The minimum absolute atomic E-state index is 0.129. The summed E-state index contributed by atoms with van der Waals surface area (Å²) in [7, 11) is 0. The highest BCUT2D eigenvalue weighted by molar-refractivity contribution is 5.46. The number of aromatic nitrogens is 2. The van der Waals surface area contributed by atoms with E-state index in [4.69, 9.17) is 15.6 Å². The van der Waals surface area contributed by atoms with Crippen molar-refractivity contribution in [2.75, 3.05) is 24.3 Å². The van der Waals surface area contributed by atoms with Gasteiger partial charge in [0.25, 0.3) is 0 Å². The van der Waals surface area contributed by atoms with Crippen molar-refractivity contribution in [3.63, 3.8) is 0 Å². The maximum atomic E-state index is 9.12. The van der Waals surface area contributed by atoms with E-state index >= 15 is 0 Å². The second-order valence-electron chi connectivity index (χ2n) is 4.74. The van der Waals surface area contributed by atoms with Crippen molar-refractivity contribution >= 4 is 11.6 Å². The zero-order valence-corrected chi connectivity index (χ0v) is 11.9. The highest BCUT2D eigenvalue weighted by Gasteiger charge is 2.21. The topological polar surface area (TPSA) is 93.3 Å². The van der Waals surface area contributed by atoms with Gasteiger partial charge in [0.15, 0.2) is 5.82 Å². The number of nitrogens with zero attached hydrogens (tertiary/aromatic N) is 2. The first-order chi connectivity index (χ1) is 9.03. The molecule has 0 aromatic carbocycles. The van der Waals surface area contributed by atoms with Crippen LogP contribution in [0.5, 0.6) is 0 Å². The summed E-state index contributed by atoms with van der Waals surface area (Å²) in [5, 5.41) is 12.4. The van der Waals surface area contributed by atoms with Crippen molar-refractivity contribution in [1.82, 2.24) is 9.97 Å². The lowest BCUT2D eigenvalue weighted by atomic mass is 9.95. The molecule has 0 saturated heterocycles. The Labute approximate surface area is 114 Å². The van der Waals surface area contributed by atoms with Gasteiger partial charge in [-0.3, -0.25) is 0 Å². The van der Waals surface area contributed by atoms with Gasteiger partial charge < -0.3 is 20.9 Å². The number of ether oxygens (including phenoxy) is 1. The maximum Gasteiger partial charge on any atom is 0.158 e. The van der Waals surface area contributed by atoms with E-state index < -0.39 is 0 Å². The van der Waals surface area contributed by atoms with Crippen LogP contribution in [0.25, 0.3) is 0 Å². The Hall–Kier alpha value is -1.40. The average molecular weight is 268 g/mol. The first kappa shape index (κ1) is 15.7. The fourth-order valence-corrected chi connectivity index (χ4v) is 1.72. The molecule has 0 aliphatic carbocycles. The predicted molar refractivity (Wildman–Crippen MR) is 75.8 cm³/mol. The van der Waals surface area contributed by atoms with Gasteiger partial charge in [0.2, 0.25) is 0 Å². The van der Waals surface area contributed by atoms with Gasteiger partial charge in [-0.2, -0.15) is 0 Å². The predicted octanol–water partition coefficient (Wildman–Crippen LogP) is 1.56. The van der Waals surface area contributed by atoms with Crippen molar-refractivity contribution in [3.8, 4) is 0 Å². The Balaban J connectivity index is 2.84. The molecule has 1 aromatic heterocycles. The van der Waals surface area contributed by atoms with Crippen LogP contribution in [-0.2, 0) is 11.3 Å². The molecule has 19 heavy (non-hydrogen) atoms. The minimum Gasteiger partial charge on any atom is -0.396 e. The lowest BCUT2D eigenvalue weighted by molar-refractivity contribution is 0.128. The molecule has 1 heterocycles. The molecule has 0 amide bonds. The second-order valence-corrected chi connectivity index (χ2v) is 4.74. The maximum absolute atomic E-state index is 9.12. The van der Waals surface area contributed by atoms with Gasteiger partial charge >= 0.3 is 0 Å². The SMILES string of the molecule is CCOCc1nc(N)cc(NC(C)(CC)CCO)n1. The smallest absolute Gasteiger partial charge is 0.158 e. The van der Waals surface area contributed by atoms with Crippen molar-refractivity contribution in [3.05, 3.63) is 11.9 Å². The van der Waals surface area contributed by atoms with E-state index in [1.54, 1.807) is 6.07 Å². The quantitative estimate of drug-likeness (QED) is 0.662. The molecule has 0 spiro atoms. The van der Waals surface area contributed by atoms with Gasteiger partial charge in [0, 0.05) is 24.8 Å². The van der Waals surface area contributed by atoms with E-state index in [0.29, 0.717) is 37.1 Å². The summed E-state index contributed by atoms with van der Waals surface area (Å²) in [6, 6.07) is 1.70. The van der Waals surface area contributed by atoms with Crippen LogP contribution in [0.3, 0.4) is 0 Å². The van der Waals surface area contributed by atoms with Crippen LogP contribution in [-0.4, -0.2) is 33.8 Å². The highest BCUT2D eigenvalue weighted by atomic mass is 16.5. The largest absolute Gasteiger partial charge is 0.396 e. The van der Waals surface area contributed by atoms with E-state index in [-0.39, 0.29) is 12.1 Å². The van der Waals surface area contributed by atoms with Crippen LogP contribution in [0.2, 0.25) is 0 Å². The number of anilines is 2. The second kappa shape index (κ2) is 7.25. The normalized spacial score (nSPS) is 14.1. The number of nitrogens with one attached hydrogen (secondary N) is 1. The molecular weight excluding hydrogens is 244 g/mol. The Bertz CT molecular complexity index is 400. The molecule has 0 fully saturated rings. The third kappa shape index (κ3) is 5.00. The monoisotopic (exact) mass is 268 g/mol. The molecule has 0 radical (unpaired) electrons. The number of rotatable bonds is 8. The molecule has 108 valence electrons. The molecular formula is C13H24N4O2. The number of nitrogens with two attached hydrogens (primary N) is 1. The standard InChI is InChI=1S/C13H24N4O2/c1-4-13(3,6-7-18)17-11-8-10(14)15-12(16-11)9-19-5-2/h8,18H,4-7,9H2,1-3H3,(H3,14,15,16,17). The summed E-state index contributed by atoms with van der Waals surface area (Å²) in [6.07, 6.45) is 1.52. The first-order valence-electron chi connectivity index (χ1n) is 6.63. The summed E-state index contributed by atoms with van der Waals surface area (Å²) in [6.45, 7) is 7.11. The summed E-state index contributed by atoms with van der Waals surface area (Å²) >= 11 is 0. The molecule has 1 unspecified atom stereocenters. The average Bonchev–Trinajstić information content (AvgIpc) is 2.36. The van der Waals surface area contributed by atoms with Gasteiger partial charge in [0.1, 0.15) is 18.2 Å². The zero-order chi connectivity index (χ0) is 14.3. The lowest BCUT2D eigenvalue weighted by Gasteiger charge is -2.29. The third-order valence-electron chi connectivity index (χ3n) is 3.10. The number of hydrogen-bond donors (Lipinski definition) is 3. The number of aliphatic hydroxyl groups is 1. The fraction of sp³-hybridized carbons (Fsp3) is 0.692. The Morgan fingerprint density at radius 1 is 1.42 bits per heavy atom. The zero-order valence-electron chi connectivity index (χ0n) is 11.9. The van der Waals surface area contributed by atoms with E-state index in [0.717, 1.165) is 6.42 Å². The summed E-state index contributed by atoms with van der Waals surface area (Å²) < 4.78 is 5.29. The van der Waals surface area contributed by atoms with Gasteiger partial charge in [-0.25, -0.2) is 9.97 Å². The van der Waals surface area contributed by atoms with Crippen molar-refractivity contribution in [2.24, 2.45) is 0 Å². The first-order valence-corrected chi connectivity index (χ1v) is 6.63. The van der Waals surface area contributed by atoms with Gasteiger partial charge in [-0.1, -0.05) is 6.92 Å². The van der Waals surface area contributed by atoms with Crippen LogP contribution in [0.15, 0.2) is 6.07 Å². The van der Waals surface area contributed by atoms with Crippen LogP contribution in [0.4, 0.5) is 11.6 Å². The fourth-order valence-electron chi connectivity index (χ4n) is 1.72. The van der Waals surface area contributed by atoms with Crippen LogP contribution >= 0.6 is 0 Å². The van der Waals surface area contributed by atoms with E-state index in [2.05, 4.69) is 22.2 Å². The minimum atomic E-state index is -0.210. The third-order valence-corrected chi connectivity index (χ3v) is 3.10.